The number of benzene rings is 2. The first-order valence-corrected chi connectivity index (χ1v) is 10.3. The van der Waals surface area contributed by atoms with Gasteiger partial charge < -0.3 is 14.6 Å². The van der Waals surface area contributed by atoms with Gasteiger partial charge in [-0.1, -0.05) is 29.8 Å². The number of carboxylic acid groups (broad SMARTS) is 1. The third-order valence-electron chi connectivity index (χ3n) is 4.72. The number of aromatic nitrogens is 1. The number of ketones is 1. The molecule has 0 aliphatic rings. The fourth-order valence-corrected chi connectivity index (χ4v) is 4.14. The van der Waals surface area contributed by atoms with Crippen molar-refractivity contribution >= 4 is 33.3 Å². The van der Waals surface area contributed by atoms with Crippen LogP contribution >= 0.6 is 11.3 Å². The van der Waals surface area contributed by atoms with E-state index in [-0.39, 0.29) is 58.9 Å². The summed E-state index contributed by atoms with van der Waals surface area (Å²) in [5.41, 5.74) is 2.62. The van der Waals surface area contributed by atoms with Crippen LogP contribution in [0.4, 0.5) is 4.39 Å². The number of rotatable bonds is 7. The Hall–Kier alpha value is -2.58. The van der Waals surface area contributed by atoms with Gasteiger partial charge in [0.05, 0.1) is 21.1 Å². The Balaban J connectivity index is 0.00000289. The molecule has 32 heavy (non-hydrogen) atoms. The zero-order valence-corrected chi connectivity index (χ0v) is 20.4. The maximum atomic E-state index is 13.9. The van der Waals surface area contributed by atoms with E-state index >= 15 is 0 Å². The maximum absolute atomic E-state index is 13.9. The number of hydrogen-bond donors (Lipinski definition) is 0. The van der Waals surface area contributed by atoms with Crippen molar-refractivity contribution in [2.45, 2.75) is 19.8 Å². The van der Waals surface area contributed by atoms with Crippen molar-refractivity contribution in [3.8, 4) is 11.5 Å². The molecular formula is C24H17FNNaO4S. The summed E-state index contributed by atoms with van der Waals surface area (Å²) in [5, 5.41) is 11.1. The fraction of sp³-hybridized carbons (Fsp3) is 0.125. The average Bonchev–Trinajstić information content (AvgIpc) is 3.18. The third kappa shape index (κ3) is 5.61. The van der Waals surface area contributed by atoms with Gasteiger partial charge in [-0.05, 0) is 42.3 Å². The molecule has 156 valence electrons. The Kier molecular flexibility index (Phi) is 7.79. The Morgan fingerprint density at radius 3 is 2.53 bits per heavy atom. The molecule has 2 aromatic carbocycles. The molecule has 4 rings (SSSR count). The Labute approximate surface area is 210 Å². The van der Waals surface area contributed by atoms with E-state index in [2.05, 4.69) is 4.98 Å². The van der Waals surface area contributed by atoms with Gasteiger partial charge in [-0.2, -0.15) is 0 Å². The number of hydrogen-bond acceptors (Lipinski definition) is 6. The van der Waals surface area contributed by atoms with Gasteiger partial charge in [-0.25, -0.2) is 4.39 Å². The molecule has 4 aromatic rings. The molecule has 5 nitrogen and oxygen atoms in total. The second kappa shape index (κ2) is 10.4. The number of aromatic carboxylic acids is 1. The van der Waals surface area contributed by atoms with Crippen molar-refractivity contribution in [2.75, 3.05) is 0 Å². The van der Waals surface area contributed by atoms with E-state index in [9.17, 15) is 19.1 Å². The zero-order chi connectivity index (χ0) is 22.0. The van der Waals surface area contributed by atoms with E-state index in [4.69, 9.17) is 4.74 Å². The predicted octanol–water partition coefficient (Wildman–Crippen LogP) is 1.26. The first kappa shape index (κ1) is 24.1. The van der Waals surface area contributed by atoms with Gasteiger partial charge >= 0.3 is 29.6 Å². The minimum atomic E-state index is -1.26. The largest absolute Gasteiger partial charge is 1.00 e. The molecule has 0 spiro atoms. The molecule has 2 heterocycles. The molecule has 0 unspecified atom stereocenters. The molecule has 0 N–H and O–H groups in total. The van der Waals surface area contributed by atoms with Crippen LogP contribution < -0.4 is 39.4 Å². The number of carboxylic acids is 1. The number of carbonyl (C=O) groups excluding carboxylic acids is 2. The average molecular weight is 457 g/mol. The zero-order valence-electron chi connectivity index (χ0n) is 17.6. The second-order valence-electron chi connectivity index (χ2n) is 7.15. The molecule has 0 aliphatic heterocycles. The van der Waals surface area contributed by atoms with Crippen molar-refractivity contribution in [3.63, 3.8) is 0 Å². The fourth-order valence-electron chi connectivity index (χ4n) is 3.24. The van der Waals surface area contributed by atoms with Crippen molar-refractivity contribution in [2.24, 2.45) is 0 Å². The molecule has 0 atom stereocenters. The van der Waals surface area contributed by atoms with Crippen molar-refractivity contribution < 1.29 is 53.4 Å². The van der Waals surface area contributed by atoms with Crippen molar-refractivity contribution in [1.82, 2.24) is 4.98 Å². The molecule has 0 saturated heterocycles. The summed E-state index contributed by atoms with van der Waals surface area (Å²) < 4.78 is 20.4. The quantitative estimate of drug-likeness (QED) is 0.391. The summed E-state index contributed by atoms with van der Waals surface area (Å²) in [5.74, 6) is -0.684. The van der Waals surface area contributed by atoms with Gasteiger partial charge in [0.2, 0.25) is 0 Å². The SMILES string of the molecule is Cc1ccc(F)c(CC(=O)Cc2ccc(Oc3ccnc4cc(C(=O)[O-])sc34)cc2)c1.[Na+]. The van der Waals surface area contributed by atoms with E-state index in [0.29, 0.717) is 27.3 Å². The van der Waals surface area contributed by atoms with Gasteiger partial charge in [-0.15, -0.1) is 11.3 Å². The Morgan fingerprint density at radius 1 is 1.06 bits per heavy atom. The predicted molar refractivity (Wildman–Crippen MR) is 114 cm³/mol. The van der Waals surface area contributed by atoms with Gasteiger partial charge in [0.25, 0.3) is 0 Å². The normalized spacial score (nSPS) is 10.6. The van der Waals surface area contributed by atoms with E-state index in [1.54, 1.807) is 48.7 Å². The standard InChI is InChI=1S/C24H18FNO4S.Na/c1-14-2-7-19(25)16(10-14)12-17(27)11-15-3-5-18(6-4-15)30-21-8-9-26-20-13-22(24(28)29)31-23(20)21;/h2-10,13H,11-12H2,1H3,(H,28,29);/q;+1/p-1. The number of fused-ring (bicyclic) bond motifs is 1. The first-order valence-electron chi connectivity index (χ1n) is 9.52. The summed E-state index contributed by atoms with van der Waals surface area (Å²) in [7, 11) is 0. The van der Waals surface area contributed by atoms with E-state index in [1.807, 2.05) is 6.92 Å². The van der Waals surface area contributed by atoms with Crippen LogP contribution in [0.25, 0.3) is 10.2 Å². The van der Waals surface area contributed by atoms with E-state index in [0.717, 1.165) is 22.5 Å². The van der Waals surface area contributed by atoms with E-state index in [1.165, 1.54) is 12.1 Å². The van der Waals surface area contributed by atoms with Crippen LogP contribution in [0.3, 0.4) is 0 Å². The first-order chi connectivity index (χ1) is 14.9. The van der Waals surface area contributed by atoms with Crippen LogP contribution in [0.1, 0.15) is 26.4 Å². The number of thiophene rings is 1. The summed E-state index contributed by atoms with van der Waals surface area (Å²) in [6.45, 7) is 1.86. The number of Topliss-reactive ketones (excluding diaryl/α,β-unsaturated/α-hetero) is 1. The van der Waals surface area contributed by atoms with Crippen LogP contribution in [-0.4, -0.2) is 16.7 Å². The number of carbonyl (C=O) groups is 2. The van der Waals surface area contributed by atoms with Gasteiger partial charge in [-0.3, -0.25) is 9.78 Å². The molecule has 0 bridgehead atoms. The van der Waals surface area contributed by atoms with Crippen LogP contribution in [0.15, 0.2) is 60.8 Å². The summed E-state index contributed by atoms with van der Waals surface area (Å²) in [6, 6.07) is 14.9. The molecule has 2 aromatic heterocycles. The maximum Gasteiger partial charge on any atom is 1.00 e. The van der Waals surface area contributed by atoms with Gasteiger partial charge in [0.15, 0.2) is 0 Å². The molecule has 0 fully saturated rings. The smallest absolute Gasteiger partial charge is 0.544 e. The number of pyridine rings is 1. The van der Waals surface area contributed by atoms with Crippen LogP contribution in [0.5, 0.6) is 11.5 Å². The molecule has 0 saturated carbocycles. The summed E-state index contributed by atoms with van der Waals surface area (Å²) >= 11 is 1.04. The van der Waals surface area contributed by atoms with Crippen LogP contribution in [-0.2, 0) is 17.6 Å². The second-order valence-corrected chi connectivity index (χ2v) is 8.21. The minimum Gasteiger partial charge on any atom is -0.544 e. The van der Waals surface area contributed by atoms with Crippen molar-refractivity contribution in [1.29, 1.82) is 0 Å². The number of halogens is 1. The Morgan fingerprint density at radius 2 is 1.81 bits per heavy atom. The monoisotopic (exact) mass is 457 g/mol. The third-order valence-corrected chi connectivity index (χ3v) is 5.84. The number of aryl methyl sites for hydroxylation is 1. The molecule has 0 radical (unpaired) electrons. The van der Waals surface area contributed by atoms with Crippen LogP contribution in [0.2, 0.25) is 0 Å². The molecule has 8 heteroatoms. The van der Waals surface area contributed by atoms with Crippen LogP contribution in [0, 0.1) is 12.7 Å². The molecule has 0 amide bonds. The molecule has 0 aliphatic carbocycles. The van der Waals surface area contributed by atoms with E-state index < -0.39 is 5.97 Å². The van der Waals surface area contributed by atoms with Gasteiger partial charge in [0, 0.05) is 25.1 Å². The minimum absolute atomic E-state index is 0. The number of nitrogens with zero attached hydrogens (tertiary/aromatic N) is 1. The Bertz CT molecular complexity index is 1290. The molecular weight excluding hydrogens is 440 g/mol. The topological polar surface area (TPSA) is 79.3 Å². The number of ether oxygens (including phenoxy) is 1. The summed E-state index contributed by atoms with van der Waals surface area (Å²) in [4.78, 5) is 27.7. The summed E-state index contributed by atoms with van der Waals surface area (Å²) in [6.07, 6.45) is 1.77. The van der Waals surface area contributed by atoms with Gasteiger partial charge in [0.1, 0.15) is 23.1 Å². The van der Waals surface area contributed by atoms with Crippen molar-refractivity contribution in [3.05, 3.63) is 88.2 Å².